The molecule has 1 aromatic rings. The molecule has 0 aliphatic carbocycles. The summed E-state index contributed by atoms with van der Waals surface area (Å²) in [4.78, 5) is 11.7. The van der Waals surface area contributed by atoms with Gasteiger partial charge in [0.15, 0.2) is 0 Å². The molecule has 0 fully saturated rings. The standard InChI is InChI=1S/C14H18N2OS/c1-12(13-6-3-2-4-7-13)16-14(17)8-5-10-18-11-9-15/h2-4,6-7,12H,5,8,10-11H2,1H3,(H,16,17). The molecule has 0 saturated heterocycles. The van der Waals surface area contributed by atoms with Crippen molar-refractivity contribution >= 4 is 17.7 Å². The van der Waals surface area contributed by atoms with Gasteiger partial charge in [-0.05, 0) is 24.7 Å². The fourth-order valence-electron chi connectivity index (χ4n) is 1.59. The first-order valence-corrected chi connectivity index (χ1v) is 7.18. The largest absolute Gasteiger partial charge is 0.350 e. The van der Waals surface area contributed by atoms with Gasteiger partial charge in [0, 0.05) is 6.42 Å². The van der Waals surface area contributed by atoms with Crippen LogP contribution in [-0.2, 0) is 4.79 Å². The third-order valence-corrected chi connectivity index (χ3v) is 3.45. The fraction of sp³-hybridized carbons (Fsp3) is 0.429. The second-order valence-corrected chi connectivity index (χ2v) is 5.12. The van der Waals surface area contributed by atoms with E-state index in [1.165, 1.54) is 0 Å². The molecule has 96 valence electrons. The molecule has 0 aliphatic heterocycles. The molecule has 1 rings (SSSR count). The van der Waals surface area contributed by atoms with E-state index >= 15 is 0 Å². The van der Waals surface area contributed by atoms with Crippen molar-refractivity contribution < 1.29 is 4.79 Å². The Morgan fingerprint density at radius 3 is 2.83 bits per heavy atom. The number of hydrogen-bond donors (Lipinski definition) is 1. The van der Waals surface area contributed by atoms with Crippen LogP contribution in [0.2, 0.25) is 0 Å². The van der Waals surface area contributed by atoms with Gasteiger partial charge < -0.3 is 5.32 Å². The summed E-state index contributed by atoms with van der Waals surface area (Å²) >= 11 is 1.57. The summed E-state index contributed by atoms with van der Waals surface area (Å²) < 4.78 is 0. The second kappa shape index (κ2) is 8.60. The summed E-state index contributed by atoms with van der Waals surface area (Å²) in [6.07, 6.45) is 1.34. The Kier molecular flexibility index (Phi) is 6.97. The van der Waals surface area contributed by atoms with Gasteiger partial charge in [-0.3, -0.25) is 4.79 Å². The monoisotopic (exact) mass is 262 g/mol. The molecule has 1 aromatic carbocycles. The van der Waals surface area contributed by atoms with Crippen LogP contribution in [0.25, 0.3) is 0 Å². The highest BCUT2D eigenvalue weighted by molar-refractivity contribution is 7.99. The van der Waals surface area contributed by atoms with Gasteiger partial charge in [-0.1, -0.05) is 30.3 Å². The van der Waals surface area contributed by atoms with E-state index in [0.717, 1.165) is 17.7 Å². The van der Waals surface area contributed by atoms with Gasteiger partial charge in [0.05, 0.1) is 17.9 Å². The maximum Gasteiger partial charge on any atom is 0.220 e. The Morgan fingerprint density at radius 2 is 2.17 bits per heavy atom. The van der Waals surface area contributed by atoms with Gasteiger partial charge in [0.25, 0.3) is 0 Å². The number of carbonyl (C=O) groups excluding carboxylic acids is 1. The minimum atomic E-state index is 0.0467. The topological polar surface area (TPSA) is 52.9 Å². The predicted molar refractivity (Wildman–Crippen MR) is 75.2 cm³/mol. The maximum atomic E-state index is 11.7. The van der Waals surface area contributed by atoms with Crippen molar-refractivity contribution in [3.05, 3.63) is 35.9 Å². The molecular formula is C14H18N2OS. The van der Waals surface area contributed by atoms with Gasteiger partial charge >= 0.3 is 0 Å². The third kappa shape index (κ3) is 5.74. The molecule has 1 N–H and O–H groups in total. The zero-order valence-corrected chi connectivity index (χ0v) is 11.4. The van der Waals surface area contributed by atoms with Crippen molar-refractivity contribution in [2.75, 3.05) is 11.5 Å². The number of thioether (sulfide) groups is 1. The normalized spacial score (nSPS) is 11.6. The van der Waals surface area contributed by atoms with E-state index in [2.05, 4.69) is 11.4 Å². The molecule has 1 unspecified atom stereocenters. The quantitative estimate of drug-likeness (QED) is 0.769. The number of amides is 1. The average molecular weight is 262 g/mol. The number of rotatable bonds is 7. The van der Waals surface area contributed by atoms with Crippen molar-refractivity contribution in [2.24, 2.45) is 0 Å². The van der Waals surface area contributed by atoms with Gasteiger partial charge in [-0.2, -0.15) is 5.26 Å². The minimum Gasteiger partial charge on any atom is -0.350 e. The lowest BCUT2D eigenvalue weighted by molar-refractivity contribution is -0.121. The van der Waals surface area contributed by atoms with Gasteiger partial charge in [-0.25, -0.2) is 0 Å². The van der Waals surface area contributed by atoms with Gasteiger partial charge in [-0.15, -0.1) is 11.8 Å². The van der Waals surface area contributed by atoms with Crippen LogP contribution in [0.5, 0.6) is 0 Å². The molecule has 0 radical (unpaired) electrons. The fourth-order valence-corrected chi connectivity index (χ4v) is 2.18. The van der Waals surface area contributed by atoms with E-state index < -0.39 is 0 Å². The maximum absolute atomic E-state index is 11.7. The van der Waals surface area contributed by atoms with Crippen LogP contribution in [-0.4, -0.2) is 17.4 Å². The van der Waals surface area contributed by atoms with E-state index in [-0.39, 0.29) is 11.9 Å². The summed E-state index contributed by atoms with van der Waals surface area (Å²) in [5.74, 6) is 1.44. The first-order valence-electron chi connectivity index (χ1n) is 6.03. The SMILES string of the molecule is CC(NC(=O)CCCSCC#N)c1ccccc1. The van der Waals surface area contributed by atoms with Crippen molar-refractivity contribution in [3.63, 3.8) is 0 Å². The van der Waals surface area contributed by atoms with Crippen LogP contribution in [0.3, 0.4) is 0 Å². The summed E-state index contributed by atoms with van der Waals surface area (Å²) in [6, 6.07) is 12.0. The van der Waals surface area contributed by atoms with Crippen LogP contribution in [0.1, 0.15) is 31.4 Å². The first kappa shape index (κ1) is 14.6. The molecule has 1 atom stereocenters. The lowest BCUT2D eigenvalue weighted by Gasteiger charge is -2.14. The van der Waals surface area contributed by atoms with Gasteiger partial charge in [0.2, 0.25) is 5.91 Å². The molecule has 0 aliphatic rings. The molecule has 0 heterocycles. The van der Waals surface area contributed by atoms with Crippen molar-refractivity contribution in [2.45, 2.75) is 25.8 Å². The zero-order valence-electron chi connectivity index (χ0n) is 10.6. The summed E-state index contributed by atoms with van der Waals surface area (Å²) in [5, 5.41) is 11.3. The number of carbonyl (C=O) groups is 1. The summed E-state index contributed by atoms with van der Waals surface area (Å²) in [7, 11) is 0. The highest BCUT2D eigenvalue weighted by Gasteiger charge is 2.08. The lowest BCUT2D eigenvalue weighted by Crippen LogP contribution is -2.26. The molecule has 3 nitrogen and oxygen atoms in total. The summed E-state index contributed by atoms with van der Waals surface area (Å²) in [5.41, 5.74) is 1.12. The molecule has 0 bridgehead atoms. The number of nitriles is 1. The predicted octanol–water partition coefficient (Wildman–Crippen LogP) is 2.90. The van der Waals surface area contributed by atoms with E-state index in [1.54, 1.807) is 11.8 Å². The molecule has 0 aromatic heterocycles. The summed E-state index contributed by atoms with van der Waals surface area (Å²) in [6.45, 7) is 1.98. The Hall–Kier alpha value is -1.47. The molecular weight excluding hydrogens is 244 g/mol. The Balaban J connectivity index is 2.22. The third-order valence-electron chi connectivity index (χ3n) is 2.54. The van der Waals surface area contributed by atoms with E-state index in [9.17, 15) is 4.79 Å². The number of benzene rings is 1. The van der Waals surface area contributed by atoms with Crippen LogP contribution in [0.15, 0.2) is 30.3 Å². The zero-order chi connectivity index (χ0) is 13.2. The smallest absolute Gasteiger partial charge is 0.220 e. The number of nitrogens with zero attached hydrogens (tertiary/aromatic N) is 1. The Bertz CT molecular complexity index is 400. The van der Waals surface area contributed by atoms with Crippen LogP contribution < -0.4 is 5.32 Å². The van der Waals surface area contributed by atoms with Gasteiger partial charge in [0.1, 0.15) is 0 Å². The van der Waals surface area contributed by atoms with E-state index in [1.807, 2.05) is 37.3 Å². The molecule has 4 heteroatoms. The highest BCUT2D eigenvalue weighted by Crippen LogP contribution is 2.11. The van der Waals surface area contributed by atoms with Crippen LogP contribution in [0.4, 0.5) is 0 Å². The van der Waals surface area contributed by atoms with Crippen molar-refractivity contribution in [1.82, 2.24) is 5.32 Å². The molecule has 1 amide bonds. The van der Waals surface area contributed by atoms with Crippen molar-refractivity contribution in [1.29, 1.82) is 5.26 Å². The number of hydrogen-bond acceptors (Lipinski definition) is 3. The highest BCUT2D eigenvalue weighted by atomic mass is 32.2. The Morgan fingerprint density at radius 1 is 1.44 bits per heavy atom. The van der Waals surface area contributed by atoms with E-state index in [4.69, 9.17) is 5.26 Å². The second-order valence-electron chi connectivity index (χ2n) is 4.01. The van der Waals surface area contributed by atoms with E-state index in [0.29, 0.717) is 12.2 Å². The van der Waals surface area contributed by atoms with Crippen molar-refractivity contribution in [3.8, 4) is 6.07 Å². The lowest BCUT2D eigenvalue weighted by atomic mass is 10.1. The Labute approximate surface area is 113 Å². The number of nitrogens with one attached hydrogen (secondary N) is 1. The van der Waals surface area contributed by atoms with Crippen LogP contribution >= 0.6 is 11.8 Å². The molecule has 18 heavy (non-hydrogen) atoms. The minimum absolute atomic E-state index is 0.0467. The molecule has 0 saturated carbocycles. The molecule has 0 spiro atoms. The van der Waals surface area contributed by atoms with Crippen LogP contribution in [0, 0.1) is 11.3 Å². The average Bonchev–Trinajstić information content (AvgIpc) is 2.39. The first-order chi connectivity index (χ1) is 8.74.